The summed E-state index contributed by atoms with van der Waals surface area (Å²) in [5.41, 5.74) is 7.06. The maximum absolute atomic E-state index is 13.5. The van der Waals surface area contributed by atoms with Crippen LogP contribution in [0.25, 0.3) is 0 Å². The molecule has 1 aromatic rings. The second-order valence-electron chi connectivity index (χ2n) is 5.04. The van der Waals surface area contributed by atoms with Gasteiger partial charge in [0.05, 0.1) is 6.04 Å². The van der Waals surface area contributed by atoms with E-state index < -0.39 is 0 Å². The van der Waals surface area contributed by atoms with Crippen molar-refractivity contribution < 1.29 is 9.18 Å². The molecule has 4 heteroatoms. The van der Waals surface area contributed by atoms with E-state index >= 15 is 0 Å². The Morgan fingerprint density at radius 3 is 2.83 bits per heavy atom. The van der Waals surface area contributed by atoms with Crippen molar-refractivity contribution in [2.24, 2.45) is 11.7 Å². The molecule has 2 atom stereocenters. The molecule has 1 aliphatic rings. The first-order chi connectivity index (χ1) is 8.52. The summed E-state index contributed by atoms with van der Waals surface area (Å²) in [5.74, 6) is 0.121. The molecule has 1 aliphatic heterocycles. The average molecular weight is 250 g/mol. The van der Waals surface area contributed by atoms with E-state index in [0.717, 1.165) is 5.56 Å². The van der Waals surface area contributed by atoms with Gasteiger partial charge >= 0.3 is 0 Å². The topological polar surface area (TPSA) is 46.3 Å². The summed E-state index contributed by atoms with van der Waals surface area (Å²) in [7, 11) is 0. The first kappa shape index (κ1) is 13.0. The van der Waals surface area contributed by atoms with Crippen molar-refractivity contribution in [3.8, 4) is 0 Å². The molecule has 1 amide bonds. The lowest BCUT2D eigenvalue weighted by molar-refractivity contribution is -0.129. The number of likely N-dealkylation sites (tertiary alicyclic amines) is 1. The van der Waals surface area contributed by atoms with Crippen LogP contribution in [0, 0.1) is 18.7 Å². The van der Waals surface area contributed by atoms with E-state index in [1.807, 2.05) is 13.0 Å². The van der Waals surface area contributed by atoms with Gasteiger partial charge in [-0.25, -0.2) is 4.39 Å². The maximum Gasteiger partial charge on any atom is 0.223 e. The summed E-state index contributed by atoms with van der Waals surface area (Å²) < 4.78 is 13.5. The third kappa shape index (κ3) is 2.38. The molecule has 18 heavy (non-hydrogen) atoms. The van der Waals surface area contributed by atoms with E-state index in [1.165, 1.54) is 6.07 Å². The number of benzene rings is 1. The van der Waals surface area contributed by atoms with Gasteiger partial charge in [-0.05, 0) is 43.5 Å². The number of carbonyl (C=O) groups is 1. The highest BCUT2D eigenvalue weighted by molar-refractivity contribution is 5.79. The summed E-state index contributed by atoms with van der Waals surface area (Å²) >= 11 is 0. The van der Waals surface area contributed by atoms with E-state index in [1.54, 1.807) is 17.9 Å². The van der Waals surface area contributed by atoms with Gasteiger partial charge in [-0.3, -0.25) is 4.79 Å². The Morgan fingerprint density at radius 1 is 1.56 bits per heavy atom. The number of amides is 1. The molecular weight excluding hydrogens is 231 g/mol. The lowest BCUT2D eigenvalue weighted by atomic mass is 10.0. The van der Waals surface area contributed by atoms with Gasteiger partial charge in [0.25, 0.3) is 0 Å². The highest BCUT2D eigenvalue weighted by Crippen LogP contribution is 2.28. The number of halogens is 1. The normalized spacial score (nSPS) is 21.4. The van der Waals surface area contributed by atoms with Gasteiger partial charge < -0.3 is 10.6 Å². The van der Waals surface area contributed by atoms with Crippen LogP contribution in [-0.4, -0.2) is 23.9 Å². The number of nitrogens with zero attached hydrogens (tertiary/aromatic N) is 1. The molecule has 1 fully saturated rings. The van der Waals surface area contributed by atoms with Crippen LogP contribution in [-0.2, 0) is 4.79 Å². The highest BCUT2D eigenvalue weighted by atomic mass is 19.1. The quantitative estimate of drug-likeness (QED) is 0.892. The van der Waals surface area contributed by atoms with Gasteiger partial charge in [-0.1, -0.05) is 12.1 Å². The Kier molecular flexibility index (Phi) is 3.66. The largest absolute Gasteiger partial charge is 0.336 e. The molecule has 98 valence electrons. The number of hydrogen-bond donors (Lipinski definition) is 1. The fourth-order valence-corrected chi connectivity index (χ4v) is 2.39. The lowest BCUT2D eigenvalue weighted by Gasteiger charge is -2.25. The van der Waals surface area contributed by atoms with Crippen LogP contribution in [0.2, 0.25) is 0 Å². The van der Waals surface area contributed by atoms with Crippen LogP contribution >= 0.6 is 0 Å². The average Bonchev–Trinajstić information content (AvgIpc) is 2.73. The molecule has 2 N–H and O–H groups in total. The second-order valence-corrected chi connectivity index (χ2v) is 5.04. The predicted molar refractivity (Wildman–Crippen MR) is 68.4 cm³/mol. The summed E-state index contributed by atoms with van der Waals surface area (Å²) in [6.45, 7) is 4.86. The van der Waals surface area contributed by atoms with E-state index in [9.17, 15) is 9.18 Å². The zero-order valence-electron chi connectivity index (χ0n) is 10.8. The molecule has 2 rings (SSSR count). The third-order valence-electron chi connectivity index (χ3n) is 3.72. The molecule has 0 spiro atoms. The van der Waals surface area contributed by atoms with Crippen molar-refractivity contribution in [2.75, 3.05) is 13.1 Å². The summed E-state index contributed by atoms with van der Waals surface area (Å²) in [5, 5.41) is 0. The molecule has 0 radical (unpaired) electrons. The first-order valence-corrected chi connectivity index (χ1v) is 6.28. The Balaban J connectivity index is 2.18. The van der Waals surface area contributed by atoms with Gasteiger partial charge in [0.1, 0.15) is 5.82 Å². The molecule has 0 saturated carbocycles. The molecule has 2 unspecified atom stereocenters. The third-order valence-corrected chi connectivity index (χ3v) is 3.72. The van der Waals surface area contributed by atoms with E-state index in [4.69, 9.17) is 5.73 Å². The molecular formula is C14H19FN2O. The standard InChI is InChI=1S/C14H19FN2O/c1-9-3-4-12(6-13(9)15)10(2)17-8-11(7-16)5-14(17)18/h3-4,6,10-11H,5,7-8,16H2,1-2H3. The minimum atomic E-state index is -0.221. The van der Waals surface area contributed by atoms with Crippen LogP contribution < -0.4 is 5.73 Å². The summed E-state index contributed by atoms with van der Waals surface area (Å²) in [6.07, 6.45) is 0.509. The fraction of sp³-hybridized carbons (Fsp3) is 0.500. The number of rotatable bonds is 3. The fourth-order valence-electron chi connectivity index (χ4n) is 2.39. The summed E-state index contributed by atoms with van der Waals surface area (Å²) in [4.78, 5) is 13.7. The van der Waals surface area contributed by atoms with Crippen LogP contribution in [0.5, 0.6) is 0 Å². The Bertz CT molecular complexity index is 461. The number of aryl methyl sites for hydroxylation is 1. The van der Waals surface area contributed by atoms with Gasteiger partial charge in [-0.2, -0.15) is 0 Å². The Morgan fingerprint density at radius 2 is 2.28 bits per heavy atom. The molecule has 1 heterocycles. The SMILES string of the molecule is Cc1ccc(C(C)N2CC(CN)CC2=O)cc1F. The lowest BCUT2D eigenvalue weighted by Crippen LogP contribution is -2.29. The second kappa shape index (κ2) is 5.06. The molecule has 1 saturated heterocycles. The molecule has 0 aromatic heterocycles. The molecule has 0 bridgehead atoms. The summed E-state index contributed by atoms with van der Waals surface area (Å²) in [6, 6.07) is 5.06. The van der Waals surface area contributed by atoms with Crippen LogP contribution in [0.4, 0.5) is 4.39 Å². The van der Waals surface area contributed by atoms with Crippen LogP contribution in [0.3, 0.4) is 0 Å². The smallest absolute Gasteiger partial charge is 0.223 e. The van der Waals surface area contributed by atoms with Crippen molar-refractivity contribution in [3.63, 3.8) is 0 Å². The monoisotopic (exact) mass is 250 g/mol. The Labute approximate surface area is 107 Å². The van der Waals surface area contributed by atoms with Gasteiger partial charge in [-0.15, -0.1) is 0 Å². The van der Waals surface area contributed by atoms with Crippen molar-refractivity contribution >= 4 is 5.91 Å². The Hall–Kier alpha value is -1.42. The molecule has 1 aromatic carbocycles. The van der Waals surface area contributed by atoms with Gasteiger partial charge in [0, 0.05) is 13.0 Å². The van der Waals surface area contributed by atoms with E-state index in [2.05, 4.69) is 0 Å². The molecule has 0 aliphatic carbocycles. The zero-order valence-corrected chi connectivity index (χ0v) is 10.8. The number of hydrogen-bond acceptors (Lipinski definition) is 2. The van der Waals surface area contributed by atoms with Crippen LogP contribution in [0.1, 0.15) is 30.5 Å². The minimum Gasteiger partial charge on any atom is -0.336 e. The predicted octanol–water partition coefficient (Wildman–Crippen LogP) is 2.00. The van der Waals surface area contributed by atoms with Crippen molar-refractivity contribution in [2.45, 2.75) is 26.3 Å². The van der Waals surface area contributed by atoms with E-state index in [-0.39, 0.29) is 23.7 Å². The zero-order chi connectivity index (χ0) is 13.3. The van der Waals surface area contributed by atoms with Gasteiger partial charge in [0.15, 0.2) is 0 Å². The van der Waals surface area contributed by atoms with Crippen molar-refractivity contribution in [1.29, 1.82) is 0 Å². The first-order valence-electron chi connectivity index (χ1n) is 6.28. The maximum atomic E-state index is 13.5. The highest BCUT2D eigenvalue weighted by Gasteiger charge is 2.32. The number of nitrogens with two attached hydrogens (primary N) is 1. The van der Waals surface area contributed by atoms with Gasteiger partial charge in [0.2, 0.25) is 5.91 Å². The van der Waals surface area contributed by atoms with Crippen molar-refractivity contribution in [3.05, 3.63) is 35.1 Å². The van der Waals surface area contributed by atoms with Crippen molar-refractivity contribution in [1.82, 2.24) is 4.90 Å². The minimum absolute atomic E-state index is 0.0934. The number of carbonyl (C=O) groups excluding carboxylic acids is 1. The molecule has 3 nitrogen and oxygen atoms in total. The van der Waals surface area contributed by atoms with E-state index in [0.29, 0.717) is 25.1 Å². The van der Waals surface area contributed by atoms with Crippen LogP contribution in [0.15, 0.2) is 18.2 Å².